The number of nitrogens with one attached hydrogen (secondary N) is 2. The first kappa shape index (κ1) is 20.4. The summed E-state index contributed by atoms with van der Waals surface area (Å²) in [5.41, 5.74) is 1.80. The van der Waals surface area contributed by atoms with Crippen molar-refractivity contribution in [3.8, 4) is 0 Å². The molecule has 0 saturated carbocycles. The molecule has 0 bridgehead atoms. The average Bonchev–Trinajstić information content (AvgIpc) is 3.37. The number of rotatable bonds is 5. The summed E-state index contributed by atoms with van der Waals surface area (Å²) in [6.45, 7) is 4.14. The maximum absolute atomic E-state index is 12.7. The smallest absolute Gasteiger partial charge is 0.322 e. The quantitative estimate of drug-likeness (QED) is 0.609. The van der Waals surface area contributed by atoms with Gasteiger partial charge in [-0.3, -0.25) is 9.59 Å². The molecule has 1 aliphatic rings. The van der Waals surface area contributed by atoms with Gasteiger partial charge in [0.15, 0.2) is 11.5 Å². The monoisotopic (exact) mass is 422 g/mol. The predicted molar refractivity (Wildman–Crippen MR) is 111 cm³/mol. The van der Waals surface area contributed by atoms with Gasteiger partial charge in [0, 0.05) is 29.8 Å². The zero-order valence-corrected chi connectivity index (χ0v) is 17.2. The molecular weight excluding hydrogens is 400 g/mol. The van der Waals surface area contributed by atoms with Gasteiger partial charge in [0.25, 0.3) is 5.91 Å². The summed E-state index contributed by atoms with van der Waals surface area (Å²) in [5.74, 6) is 1.52. The highest BCUT2D eigenvalue weighted by Gasteiger charge is 2.29. The van der Waals surface area contributed by atoms with Crippen LogP contribution in [-0.4, -0.2) is 34.3 Å². The maximum atomic E-state index is 12.7. The summed E-state index contributed by atoms with van der Waals surface area (Å²) in [6, 6.07) is 10.0. The van der Waals surface area contributed by atoms with Gasteiger partial charge in [-0.2, -0.15) is 0 Å². The lowest BCUT2D eigenvalue weighted by Crippen LogP contribution is -2.39. The molecule has 0 unspecified atom stereocenters. The van der Waals surface area contributed by atoms with E-state index in [0.29, 0.717) is 41.3 Å². The van der Waals surface area contributed by atoms with Crippen LogP contribution in [0.2, 0.25) is 0 Å². The Balaban J connectivity index is 1.42. The number of benzene rings is 1. The molecule has 0 aliphatic carbocycles. The summed E-state index contributed by atoms with van der Waals surface area (Å²) in [6.07, 6.45) is 0.452. The molecule has 4 rings (SSSR count). The highest BCUT2D eigenvalue weighted by Crippen LogP contribution is 2.23. The Morgan fingerprint density at radius 2 is 2.03 bits per heavy atom. The van der Waals surface area contributed by atoms with Crippen molar-refractivity contribution in [3.63, 3.8) is 0 Å². The molecule has 3 heterocycles. The Hall–Kier alpha value is -3.88. The third kappa shape index (κ3) is 4.50. The fourth-order valence-corrected chi connectivity index (χ4v) is 3.41. The van der Waals surface area contributed by atoms with E-state index in [1.165, 1.54) is 6.92 Å². The minimum atomic E-state index is -0.393. The number of furan rings is 1. The van der Waals surface area contributed by atoms with E-state index in [-0.39, 0.29) is 30.6 Å². The van der Waals surface area contributed by atoms with Crippen LogP contribution in [-0.2, 0) is 19.5 Å². The van der Waals surface area contributed by atoms with Crippen LogP contribution in [0.15, 0.2) is 45.3 Å². The molecule has 0 fully saturated rings. The van der Waals surface area contributed by atoms with E-state index in [2.05, 4.69) is 15.8 Å². The molecule has 9 heteroatoms. The molecule has 3 amide bonds. The summed E-state index contributed by atoms with van der Waals surface area (Å²) in [4.78, 5) is 38.5. The van der Waals surface area contributed by atoms with E-state index in [1.807, 2.05) is 13.0 Å². The lowest BCUT2D eigenvalue weighted by Gasteiger charge is -2.26. The van der Waals surface area contributed by atoms with Gasteiger partial charge in [-0.25, -0.2) is 4.79 Å². The van der Waals surface area contributed by atoms with Crippen LogP contribution in [0.3, 0.4) is 0 Å². The molecule has 0 radical (unpaired) electrons. The number of carbonyl (C=O) groups excluding carboxylic acids is 3. The molecule has 0 spiro atoms. The number of hydrogen-bond acceptors (Lipinski definition) is 6. The van der Waals surface area contributed by atoms with Gasteiger partial charge < -0.3 is 24.5 Å². The second kappa shape index (κ2) is 8.47. The number of hydrogen-bond donors (Lipinski definition) is 2. The van der Waals surface area contributed by atoms with E-state index in [0.717, 1.165) is 5.76 Å². The Morgan fingerprint density at radius 3 is 2.77 bits per heavy atom. The first-order valence-corrected chi connectivity index (χ1v) is 9.88. The van der Waals surface area contributed by atoms with Crippen molar-refractivity contribution in [1.82, 2.24) is 15.4 Å². The summed E-state index contributed by atoms with van der Waals surface area (Å²) >= 11 is 0. The SMILES string of the molecule is CC(=O)c1cccc(NC(=O)N2CCc3onc(C(=O)NCc4ccc(C)o4)c3C2)c1. The highest BCUT2D eigenvalue weighted by atomic mass is 16.5. The number of nitrogens with zero attached hydrogens (tertiary/aromatic N) is 2. The number of anilines is 1. The lowest BCUT2D eigenvalue weighted by atomic mass is 10.1. The number of aryl methyl sites for hydroxylation is 1. The summed E-state index contributed by atoms with van der Waals surface area (Å²) in [7, 11) is 0. The Morgan fingerprint density at radius 1 is 1.19 bits per heavy atom. The number of Topliss-reactive ketones (excluding diaryl/α,β-unsaturated/α-hetero) is 1. The van der Waals surface area contributed by atoms with Crippen LogP contribution in [0.5, 0.6) is 0 Å². The number of ketones is 1. The van der Waals surface area contributed by atoms with Gasteiger partial charge in [0.1, 0.15) is 17.3 Å². The van der Waals surface area contributed by atoms with E-state index in [4.69, 9.17) is 8.94 Å². The Labute approximate surface area is 178 Å². The van der Waals surface area contributed by atoms with Crippen LogP contribution < -0.4 is 10.6 Å². The van der Waals surface area contributed by atoms with Gasteiger partial charge in [-0.15, -0.1) is 0 Å². The zero-order chi connectivity index (χ0) is 22.0. The number of urea groups is 1. The Kier molecular flexibility index (Phi) is 5.57. The van der Waals surface area contributed by atoms with E-state index in [9.17, 15) is 14.4 Å². The van der Waals surface area contributed by atoms with E-state index in [1.54, 1.807) is 35.2 Å². The number of carbonyl (C=O) groups is 3. The minimum Gasteiger partial charge on any atom is -0.465 e. The molecular formula is C22H22N4O5. The van der Waals surface area contributed by atoms with Crippen LogP contribution in [0.1, 0.15) is 50.6 Å². The minimum absolute atomic E-state index is 0.0800. The van der Waals surface area contributed by atoms with Crippen LogP contribution in [0, 0.1) is 6.92 Å². The van der Waals surface area contributed by atoms with Gasteiger partial charge in [0.2, 0.25) is 0 Å². The van der Waals surface area contributed by atoms with Crippen molar-refractivity contribution in [2.75, 3.05) is 11.9 Å². The van der Waals surface area contributed by atoms with Crippen molar-refractivity contribution < 1.29 is 23.3 Å². The molecule has 9 nitrogen and oxygen atoms in total. The fraction of sp³-hybridized carbons (Fsp3) is 0.273. The summed E-state index contributed by atoms with van der Waals surface area (Å²) < 4.78 is 10.8. The molecule has 160 valence electrons. The molecule has 3 aromatic rings. The van der Waals surface area contributed by atoms with Crippen molar-refractivity contribution >= 4 is 23.4 Å². The third-order valence-electron chi connectivity index (χ3n) is 5.07. The molecule has 0 atom stereocenters. The fourth-order valence-electron chi connectivity index (χ4n) is 3.41. The average molecular weight is 422 g/mol. The first-order chi connectivity index (χ1) is 14.9. The standard InChI is InChI=1S/C22H22N4O5/c1-13-6-7-17(30-13)11-23-21(28)20-18-12-26(9-8-19(18)31-25-20)22(29)24-16-5-3-4-15(10-16)14(2)27/h3-7,10H,8-9,11-12H2,1-2H3,(H,23,28)(H,24,29). The second-order valence-electron chi connectivity index (χ2n) is 7.37. The van der Waals surface area contributed by atoms with E-state index < -0.39 is 5.91 Å². The van der Waals surface area contributed by atoms with Crippen molar-refractivity contribution in [1.29, 1.82) is 0 Å². The topological polar surface area (TPSA) is 118 Å². The number of aromatic nitrogens is 1. The molecule has 31 heavy (non-hydrogen) atoms. The van der Waals surface area contributed by atoms with Crippen LogP contribution in [0.4, 0.5) is 10.5 Å². The largest absolute Gasteiger partial charge is 0.465 e. The van der Waals surface area contributed by atoms with Gasteiger partial charge in [-0.05, 0) is 38.1 Å². The molecule has 2 N–H and O–H groups in total. The zero-order valence-electron chi connectivity index (χ0n) is 17.2. The van der Waals surface area contributed by atoms with E-state index >= 15 is 0 Å². The van der Waals surface area contributed by atoms with Gasteiger partial charge >= 0.3 is 6.03 Å². The lowest BCUT2D eigenvalue weighted by molar-refractivity contribution is 0.0936. The molecule has 1 aromatic carbocycles. The number of fused-ring (bicyclic) bond motifs is 1. The highest BCUT2D eigenvalue weighted by molar-refractivity contribution is 5.97. The predicted octanol–water partition coefficient (Wildman–Crippen LogP) is 3.30. The molecule has 2 aromatic heterocycles. The second-order valence-corrected chi connectivity index (χ2v) is 7.37. The van der Waals surface area contributed by atoms with Gasteiger partial charge in [-0.1, -0.05) is 17.3 Å². The molecule has 1 aliphatic heterocycles. The van der Waals surface area contributed by atoms with Crippen molar-refractivity contribution in [2.45, 2.75) is 33.4 Å². The number of amides is 3. The van der Waals surface area contributed by atoms with Crippen molar-refractivity contribution in [2.24, 2.45) is 0 Å². The van der Waals surface area contributed by atoms with Crippen molar-refractivity contribution in [3.05, 3.63) is 70.5 Å². The molecule has 0 saturated heterocycles. The maximum Gasteiger partial charge on any atom is 0.322 e. The van der Waals surface area contributed by atoms with Crippen LogP contribution in [0.25, 0.3) is 0 Å². The normalized spacial score (nSPS) is 12.9. The summed E-state index contributed by atoms with van der Waals surface area (Å²) in [5, 5.41) is 9.47. The van der Waals surface area contributed by atoms with Gasteiger partial charge in [0.05, 0.1) is 13.1 Å². The third-order valence-corrected chi connectivity index (χ3v) is 5.07. The van der Waals surface area contributed by atoms with Crippen LogP contribution >= 0.6 is 0 Å². The first-order valence-electron chi connectivity index (χ1n) is 9.88. The Bertz CT molecular complexity index is 1150.